The minimum Gasteiger partial charge on any atom is -0.497 e. The van der Waals surface area contributed by atoms with E-state index in [1.54, 1.807) is 7.11 Å². The Kier molecular flexibility index (Phi) is 8.21. The number of hydrogen-bond donors (Lipinski definition) is 1. The number of alkyl halides is 1. The van der Waals surface area contributed by atoms with Crippen molar-refractivity contribution in [3.63, 3.8) is 0 Å². The fraction of sp³-hybridized carbons (Fsp3) is 0.588. The van der Waals surface area contributed by atoms with Gasteiger partial charge in [0.15, 0.2) is 0 Å². The monoisotopic (exact) mass is 311 g/mol. The summed E-state index contributed by atoms with van der Waals surface area (Å²) >= 11 is 6.31. The molecule has 0 saturated carbocycles. The zero-order valence-electron chi connectivity index (χ0n) is 13.2. The molecular formula is C17H26ClNO2. The van der Waals surface area contributed by atoms with Crippen molar-refractivity contribution >= 4 is 17.5 Å². The Morgan fingerprint density at radius 3 is 2.38 bits per heavy atom. The Bertz CT molecular complexity index is 415. The van der Waals surface area contributed by atoms with Gasteiger partial charge in [0.05, 0.1) is 12.5 Å². The average molecular weight is 312 g/mol. The lowest BCUT2D eigenvalue weighted by molar-refractivity contribution is -0.121. The normalized spacial score (nSPS) is 12.2. The number of methoxy groups -OCH3 is 1. The van der Waals surface area contributed by atoms with Gasteiger partial charge in [-0.15, -0.1) is 11.6 Å². The quantitative estimate of drug-likeness (QED) is 0.705. The molecule has 0 fully saturated rings. The maximum absolute atomic E-state index is 11.8. The Balaban J connectivity index is 2.30. The highest BCUT2D eigenvalue weighted by Crippen LogP contribution is 2.17. The number of nitrogens with one attached hydrogen (secondary N) is 1. The van der Waals surface area contributed by atoms with Gasteiger partial charge in [0, 0.05) is 13.0 Å². The number of benzene rings is 1. The summed E-state index contributed by atoms with van der Waals surface area (Å²) in [6, 6.07) is 7.80. The van der Waals surface area contributed by atoms with Crippen LogP contribution in [0.25, 0.3) is 0 Å². The fourth-order valence-corrected chi connectivity index (χ4v) is 2.75. The average Bonchev–Trinajstić information content (AvgIpc) is 2.52. The smallest absolute Gasteiger partial charge is 0.220 e. The first kappa shape index (κ1) is 17.8. The molecule has 1 rings (SSSR count). The van der Waals surface area contributed by atoms with Crippen molar-refractivity contribution in [3.05, 3.63) is 29.8 Å². The van der Waals surface area contributed by atoms with Crippen molar-refractivity contribution in [3.8, 4) is 5.75 Å². The highest BCUT2D eigenvalue weighted by Gasteiger charge is 2.16. The Morgan fingerprint density at radius 1 is 1.24 bits per heavy atom. The Hall–Kier alpha value is -1.22. The van der Waals surface area contributed by atoms with Gasteiger partial charge in [-0.05, 0) is 30.0 Å². The second kappa shape index (κ2) is 9.67. The standard InChI is InChI=1S/C17H26ClNO2/c1-4-14(5-2)16(18)12-19-17(20)11-8-13-6-9-15(21-3)10-7-13/h6-7,9-10,14,16H,4-5,8,11-12H2,1-3H3,(H,19,20). The molecule has 0 heterocycles. The van der Waals surface area contributed by atoms with Crippen LogP contribution >= 0.6 is 11.6 Å². The second-order valence-electron chi connectivity index (χ2n) is 5.24. The molecule has 0 bridgehead atoms. The lowest BCUT2D eigenvalue weighted by Crippen LogP contribution is -2.33. The maximum Gasteiger partial charge on any atom is 0.220 e. The van der Waals surface area contributed by atoms with Gasteiger partial charge < -0.3 is 10.1 Å². The molecule has 4 heteroatoms. The summed E-state index contributed by atoms with van der Waals surface area (Å²) < 4.78 is 5.11. The number of amides is 1. The molecular weight excluding hydrogens is 286 g/mol. The van der Waals surface area contributed by atoms with Crippen LogP contribution in [0.5, 0.6) is 5.75 Å². The van der Waals surface area contributed by atoms with Crippen LogP contribution < -0.4 is 10.1 Å². The fourth-order valence-electron chi connectivity index (χ4n) is 2.32. The van der Waals surface area contributed by atoms with Gasteiger partial charge in [0.1, 0.15) is 5.75 Å². The molecule has 1 aromatic carbocycles. The van der Waals surface area contributed by atoms with E-state index in [2.05, 4.69) is 19.2 Å². The van der Waals surface area contributed by atoms with Crippen molar-refractivity contribution in [1.29, 1.82) is 0 Å². The second-order valence-corrected chi connectivity index (χ2v) is 5.81. The van der Waals surface area contributed by atoms with Crippen LogP contribution in [0.3, 0.4) is 0 Å². The molecule has 3 nitrogen and oxygen atoms in total. The van der Waals surface area contributed by atoms with E-state index in [1.807, 2.05) is 24.3 Å². The van der Waals surface area contributed by atoms with Crippen molar-refractivity contribution < 1.29 is 9.53 Å². The van der Waals surface area contributed by atoms with Crippen LogP contribution in [0.1, 0.15) is 38.7 Å². The van der Waals surface area contributed by atoms with E-state index in [0.29, 0.717) is 18.9 Å². The van der Waals surface area contributed by atoms with Gasteiger partial charge in [0.2, 0.25) is 5.91 Å². The van der Waals surface area contributed by atoms with E-state index in [-0.39, 0.29) is 11.3 Å². The highest BCUT2D eigenvalue weighted by atomic mass is 35.5. The first-order valence-corrected chi connectivity index (χ1v) is 8.08. The first-order valence-electron chi connectivity index (χ1n) is 7.64. The highest BCUT2D eigenvalue weighted by molar-refractivity contribution is 6.21. The van der Waals surface area contributed by atoms with E-state index in [1.165, 1.54) is 0 Å². The molecule has 1 N–H and O–H groups in total. The molecule has 1 aromatic rings. The van der Waals surface area contributed by atoms with Crippen molar-refractivity contribution in [2.45, 2.75) is 44.9 Å². The van der Waals surface area contributed by atoms with E-state index in [0.717, 1.165) is 30.6 Å². The molecule has 0 saturated heterocycles. The van der Waals surface area contributed by atoms with Crippen LogP contribution in [0.2, 0.25) is 0 Å². The van der Waals surface area contributed by atoms with E-state index >= 15 is 0 Å². The summed E-state index contributed by atoms with van der Waals surface area (Å²) in [4.78, 5) is 11.8. The number of ether oxygens (including phenoxy) is 1. The van der Waals surface area contributed by atoms with Crippen LogP contribution in [0.15, 0.2) is 24.3 Å². The lowest BCUT2D eigenvalue weighted by Gasteiger charge is -2.19. The van der Waals surface area contributed by atoms with Crippen molar-refractivity contribution in [2.24, 2.45) is 5.92 Å². The summed E-state index contributed by atoms with van der Waals surface area (Å²) in [6.07, 6.45) is 3.31. The summed E-state index contributed by atoms with van der Waals surface area (Å²) in [6.45, 7) is 4.82. The topological polar surface area (TPSA) is 38.3 Å². The molecule has 0 spiro atoms. The van der Waals surface area contributed by atoms with Gasteiger partial charge in [-0.2, -0.15) is 0 Å². The molecule has 1 amide bonds. The van der Waals surface area contributed by atoms with Gasteiger partial charge in [-0.3, -0.25) is 4.79 Å². The third kappa shape index (κ3) is 6.38. The number of halogens is 1. The molecule has 118 valence electrons. The minimum atomic E-state index is 0.0185. The summed E-state index contributed by atoms with van der Waals surface area (Å²) in [7, 11) is 1.64. The van der Waals surface area contributed by atoms with Crippen molar-refractivity contribution in [1.82, 2.24) is 5.32 Å². The molecule has 0 aliphatic carbocycles. The minimum absolute atomic E-state index is 0.0185. The van der Waals surface area contributed by atoms with Crippen LogP contribution in [0.4, 0.5) is 0 Å². The zero-order valence-corrected chi connectivity index (χ0v) is 14.0. The van der Waals surface area contributed by atoms with Gasteiger partial charge in [0.25, 0.3) is 0 Å². The van der Waals surface area contributed by atoms with E-state index < -0.39 is 0 Å². The molecule has 1 atom stereocenters. The molecule has 0 radical (unpaired) electrons. The Morgan fingerprint density at radius 2 is 1.86 bits per heavy atom. The summed E-state index contributed by atoms with van der Waals surface area (Å²) in [5.41, 5.74) is 1.13. The van der Waals surface area contributed by atoms with Gasteiger partial charge in [-0.25, -0.2) is 0 Å². The maximum atomic E-state index is 11.8. The van der Waals surface area contributed by atoms with Gasteiger partial charge in [-0.1, -0.05) is 38.8 Å². The predicted molar refractivity (Wildman–Crippen MR) is 88.0 cm³/mol. The molecule has 0 aromatic heterocycles. The summed E-state index contributed by atoms with van der Waals surface area (Å²) in [5, 5.41) is 2.95. The van der Waals surface area contributed by atoms with Crippen molar-refractivity contribution in [2.75, 3.05) is 13.7 Å². The number of aryl methyl sites for hydroxylation is 1. The summed E-state index contributed by atoms with van der Waals surface area (Å²) in [5.74, 6) is 1.36. The lowest BCUT2D eigenvalue weighted by atomic mass is 9.99. The molecule has 1 unspecified atom stereocenters. The largest absolute Gasteiger partial charge is 0.497 e. The third-order valence-electron chi connectivity index (χ3n) is 3.85. The van der Waals surface area contributed by atoms with Crippen LogP contribution in [0, 0.1) is 5.92 Å². The predicted octanol–water partition coefficient (Wildman–Crippen LogP) is 3.79. The van der Waals surface area contributed by atoms with E-state index in [4.69, 9.17) is 16.3 Å². The number of carbonyl (C=O) groups is 1. The molecule has 0 aliphatic rings. The zero-order chi connectivity index (χ0) is 15.7. The first-order chi connectivity index (χ1) is 10.1. The molecule has 0 aliphatic heterocycles. The van der Waals surface area contributed by atoms with Crippen LogP contribution in [-0.4, -0.2) is 24.9 Å². The third-order valence-corrected chi connectivity index (χ3v) is 4.36. The number of rotatable bonds is 9. The van der Waals surface area contributed by atoms with Gasteiger partial charge >= 0.3 is 0 Å². The number of hydrogen-bond acceptors (Lipinski definition) is 2. The van der Waals surface area contributed by atoms with E-state index in [9.17, 15) is 4.79 Å². The number of carbonyl (C=O) groups excluding carboxylic acids is 1. The SMILES string of the molecule is CCC(CC)C(Cl)CNC(=O)CCc1ccc(OC)cc1. The van der Waals surface area contributed by atoms with Crippen LogP contribution in [-0.2, 0) is 11.2 Å². The molecule has 21 heavy (non-hydrogen) atoms. The Labute approximate surface area is 133 Å².